The van der Waals surface area contributed by atoms with Crippen LogP contribution in [0.25, 0.3) is 11.0 Å². The molecule has 1 N–H and O–H groups in total. The van der Waals surface area contributed by atoms with Gasteiger partial charge in [-0.3, -0.25) is 10.2 Å². The monoisotopic (exact) mass is 258 g/mol. The van der Waals surface area contributed by atoms with E-state index in [2.05, 4.69) is 10.4 Å². The fourth-order valence-corrected chi connectivity index (χ4v) is 2.52. The number of aryl methyl sites for hydroxylation is 1. The van der Waals surface area contributed by atoms with E-state index in [1.165, 1.54) is 0 Å². The van der Waals surface area contributed by atoms with Crippen LogP contribution >= 0.6 is 0 Å². The van der Waals surface area contributed by atoms with E-state index in [0.29, 0.717) is 0 Å². The fraction of sp³-hybridized carbons (Fsp3) is 0.429. The van der Waals surface area contributed by atoms with E-state index in [1.807, 2.05) is 43.9 Å². The minimum atomic E-state index is -0.351. The van der Waals surface area contributed by atoms with Crippen molar-refractivity contribution in [2.75, 3.05) is 14.1 Å². The van der Waals surface area contributed by atoms with E-state index in [4.69, 9.17) is 0 Å². The summed E-state index contributed by atoms with van der Waals surface area (Å²) in [5.74, 6) is 0.0766. The standard InChI is InChI=1S/C14H18N4O/c1-17(2)16-13(19)14(6-7-14)10-4-5-12-11(8-10)15-9-18(12)3/h4-5,8-9H,6-7H2,1-3H3,(H,16,19). The first kappa shape index (κ1) is 12.2. The number of carbonyl (C=O) groups excluding carboxylic acids is 1. The maximum Gasteiger partial charge on any atom is 0.244 e. The summed E-state index contributed by atoms with van der Waals surface area (Å²) in [6, 6.07) is 6.13. The molecule has 1 saturated carbocycles. The van der Waals surface area contributed by atoms with Gasteiger partial charge in [-0.2, -0.15) is 0 Å². The Hall–Kier alpha value is -1.88. The van der Waals surface area contributed by atoms with Crippen LogP contribution in [-0.2, 0) is 17.3 Å². The van der Waals surface area contributed by atoms with Gasteiger partial charge < -0.3 is 4.57 Å². The van der Waals surface area contributed by atoms with Crippen LogP contribution in [0.4, 0.5) is 0 Å². The van der Waals surface area contributed by atoms with Gasteiger partial charge in [0.25, 0.3) is 0 Å². The molecule has 0 bridgehead atoms. The number of rotatable bonds is 3. The molecule has 19 heavy (non-hydrogen) atoms. The molecular formula is C14H18N4O. The zero-order valence-electron chi connectivity index (χ0n) is 11.5. The lowest BCUT2D eigenvalue weighted by atomic mass is 9.95. The third-order valence-corrected chi connectivity index (χ3v) is 3.79. The number of hydrogen-bond acceptors (Lipinski definition) is 3. The molecule has 1 amide bonds. The number of hydrogen-bond donors (Lipinski definition) is 1. The van der Waals surface area contributed by atoms with Crippen molar-refractivity contribution in [2.24, 2.45) is 7.05 Å². The number of fused-ring (bicyclic) bond motifs is 1. The summed E-state index contributed by atoms with van der Waals surface area (Å²) in [4.78, 5) is 16.7. The molecule has 1 aromatic heterocycles. The summed E-state index contributed by atoms with van der Waals surface area (Å²) in [6.45, 7) is 0. The van der Waals surface area contributed by atoms with Crippen LogP contribution in [-0.4, -0.2) is 34.6 Å². The van der Waals surface area contributed by atoms with Crippen LogP contribution in [0.1, 0.15) is 18.4 Å². The lowest BCUT2D eigenvalue weighted by molar-refractivity contribution is -0.127. The molecule has 1 aliphatic carbocycles. The van der Waals surface area contributed by atoms with Crippen LogP contribution in [0, 0.1) is 0 Å². The minimum Gasteiger partial charge on any atom is -0.334 e. The van der Waals surface area contributed by atoms with Crippen LogP contribution in [0.2, 0.25) is 0 Å². The number of nitrogens with one attached hydrogen (secondary N) is 1. The number of nitrogens with zero attached hydrogens (tertiary/aromatic N) is 3. The largest absolute Gasteiger partial charge is 0.334 e. The van der Waals surface area contributed by atoms with Crippen molar-refractivity contribution in [1.82, 2.24) is 20.0 Å². The van der Waals surface area contributed by atoms with E-state index in [-0.39, 0.29) is 11.3 Å². The van der Waals surface area contributed by atoms with E-state index in [0.717, 1.165) is 29.4 Å². The first-order valence-corrected chi connectivity index (χ1v) is 6.43. The Balaban J connectivity index is 1.97. The predicted octanol–water partition coefficient (Wildman–Crippen LogP) is 1.20. The maximum atomic E-state index is 12.3. The third-order valence-electron chi connectivity index (χ3n) is 3.79. The third kappa shape index (κ3) is 1.90. The zero-order valence-corrected chi connectivity index (χ0v) is 11.5. The normalized spacial score (nSPS) is 16.8. The summed E-state index contributed by atoms with van der Waals surface area (Å²) in [5.41, 5.74) is 5.62. The second-order valence-corrected chi connectivity index (χ2v) is 5.48. The minimum absolute atomic E-state index is 0.0766. The lowest BCUT2D eigenvalue weighted by Gasteiger charge is -2.19. The molecule has 0 radical (unpaired) electrons. The molecule has 3 rings (SSSR count). The number of carbonyl (C=O) groups is 1. The second-order valence-electron chi connectivity index (χ2n) is 5.48. The van der Waals surface area contributed by atoms with Crippen LogP contribution < -0.4 is 5.43 Å². The smallest absolute Gasteiger partial charge is 0.244 e. The van der Waals surface area contributed by atoms with E-state index in [1.54, 1.807) is 11.3 Å². The summed E-state index contributed by atoms with van der Waals surface area (Å²) in [6.07, 6.45) is 3.62. The summed E-state index contributed by atoms with van der Waals surface area (Å²) in [5, 5.41) is 1.70. The average molecular weight is 258 g/mol. The van der Waals surface area contributed by atoms with Gasteiger partial charge in [0.15, 0.2) is 0 Å². The average Bonchev–Trinajstić information content (AvgIpc) is 3.10. The van der Waals surface area contributed by atoms with E-state index in [9.17, 15) is 4.79 Å². The van der Waals surface area contributed by atoms with Crippen molar-refractivity contribution in [1.29, 1.82) is 0 Å². The number of imidazole rings is 1. The molecule has 1 fully saturated rings. The number of benzene rings is 1. The van der Waals surface area contributed by atoms with E-state index < -0.39 is 0 Å². The van der Waals surface area contributed by atoms with Crippen molar-refractivity contribution < 1.29 is 4.79 Å². The molecule has 0 atom stereocenters. The Bertz CT molecular complexity index is 640. The number of amides is 1. The highest BCUT2D eigenvalue weighted by Gasteiger charge is 2.51. The molecule has 1 aliphatic rings. The van der Waals surface area contributed by atoms with Gasteiger partial charge >= 0.3 is 0 Å². The molecule has 1 heterocycles. The van der Waals surface area contributed by atoms with Crippen molar-refractivity contribution in [3.8, 4) is 0 Å². The van der Waals surface area contributed by atoms with Gasteiger partial charge in [0.05, 0.1) is 22.8 Å². The molecule has 5 nitrogen and oxygen atoms in total. The van der Waals surface area contributed by atoms with Gasteiger partial charge in [0, 0.05) is 21.1 Å². The van der Waals surface area contributed by atoms with Crippen LogP contribution in [0.5, 0.6) is 0 Å². The summed E-state index contributed by atoms with van der Waals surface area (Å²) < 4.78 is 1.98. The highest BCUT2D eigenvalue weighted by Crippen LogP contribution is 2.48. The molecule has 0 aliphatic heterocycles. The second kappa shape index (κ2) is 4.06. The maximum absolute atomic E-state index is 12.3. The first-order chi connectivity index (χ1) is 9.03. The molecule has 0 spiro atoms. The zero-order chi connectivity index (χ0) is 13.6. The Morgan fingerprint density at radius 1 is 1.42 bits per heavy atom. The number of aromatic nitrogens is 2. The Morgan fingerprint density at radius 3 is 2.79 bits per heavy atom. The van der Waals surface area contributed by atoms with Gasteiger partial charge in [-0.15, -0.1) is 0 Å². The Labute approximate surface area is 112 Å². The quantitative estimate of drug-likeness (QED) is 0.842. The highest BCUT2D eigenvalue weighted by atomic mass is 16.2. The molecule has 0 unspecified atom stereocenters. The Kier molecular flexibility index (Phi) is 2.60. The SMILES string of the molecule is CN(C)NC(=O)C1(c2ccc3c(c2)ncn3C)CC1. The first-order valence-electron chi connectivity index (χ1n) is 6.43. The lowest BCUT2D eigenvalue weighted by Crippen LogP contribution is -2.42. The fourth-order valence-electron chi connectivity index (χ4n) is 2.52. The Morgan fingerprint density at radius 2 is 2.16 bits per heavy atom. The van der Waals surface area contributed by atoms with Crippen molar-refractivity contribution >= 4 is 16.9 Å². The predicted molar refractivity (Wildman–Crippen MR) is 73.5 cm³/mol. The summed E-state index contributed by atoms with van der Waals surface area (Å²) in [7, 11) is 5.63. The van der Waals surface area contributed by atoms with Crippen molar-refractivity contribution in [3.05, 3.63) is 30.1 Å². The number of hydrazine groups is 1. The van der Waals surface area contributed by atoms with Gasteiger partial charge in [0.1, 0.15) is 0 Å². The molecular weight excluding hydrogens is 240 g/mol. The molecule has 5 heteroatoms. The van der Waals surface area contributed by atoms with Gasteiger partial charge in [-0.05, 0) is 30.5 Å². The van der Waals surface area contributed by atoms with Crippen molar-refractivity contribution in [3.63, 3.8) is 0 Å². The van der Waals surface area contributed by atoms with Gasteiger partial charge in [0.2, 0.25) is 5.91 Å². The van der Waals surface area contributed by atoms with E-state index >= 15 is 0 Å². The molecule has 0 saturated heterocycles. The molecule has 100 valence electrons. The highest BCUT2D eigenvalue weighted by molar-refractivity contribution is 5.92. The topological polar surface area (TPSA) is 50.2 Å². The van der Waals surface area contributed by atoms with Gasteiger partial charge in [-0.1, -0.05) is 6.07 Å². The van der Waals surface area contributed by atoms with Gasteiger partial charge in [-0.25, -0.2) is 9.99 Å². The molecule has 1 aromatic carbocycles. The van der Waals surface area contributed by atoms with Crippen LogP contribution in [0.15, 0.2) is 24.5 Å². The van der Waals surface area contributed by atoms with Crippen LogP contribution in [0.3, 0.4) is 0 Å². The molecule has 2 aromatic rings. The van der Waals surface area contributed by atoms with Crippen molar-refractivity contribution in [2.45, 2.75) is 18.3 Å². The summed E-state index contributed by atoms with van der Waals surface area (Å²) >= 11 is 0.